The van der Waals surface area contributed by atoms with Crippen molar-refractivity contribution in [1.82, 2.24) is 0 Å². The average molecular weight is 344 g/mol. The van der Waals surface area contributed by atoms with Crippen molar-refractivity contribution < 1.29 is 9.15 Å². The maximum Gasteiger partial charge on any atom is 0.344 e. The molecule has 1 unspecified atom stereocenters. The number of aryl methyl sites for hydroxylation is 1. The second kappa shape index (κ2) is 6.08. The summed E-state index contributed by atoms with van der Waals surface area (Å²) in [6.45, 7) is 2.07. The molecule has 1 aliphatic rings. The van der Waals surface area contributed by atoms with Gasteiger partial charge in [-0.15, -0.1) is 0 Å². The predicted octanol–water partition coefficient (Wildman–Crippen LogP) is 3.57. The van der Waals surface area contributed by atoms with Crippen LogP contribution in [0, 0.1) is 11.3 Å². The highest BCUT2D eigenvalue weighted by Crippen LogP contribution is 2.43. The fourth-order valence-electron chi connectivity index (χ4n) is 3.35. The first-order valence-corrected chi connectivity index (χ1v) is 8.36. The van der Waals surface area contributed by atoms with Gasteiger partial charge in [-0.1, -0.05) is 43.3 Å². The van der Waals surface area contributed by atoms with Crippen molar-refractivity contribution >= 4 is 11.0 Å². The first-order valence-electron chi connectivity index (χ1n) is 8.36. The molecule has 0 saturated carbocycles. The van der Waals surface area contributed by atoms with Crippen LogP contribution in [0.3, 0.4) is 0 Å². The molecule has 0 fully saturated rings. The highest BCUT2D eigenvalue weighted by atomic mass is 16.5. The van der Waals surface area contributed by atoms with E-state index in [4.69, 9.17) is 14.9 Å². The van der Waals surface area contributed by atoms with Gasteiger partial charge in [0.2, 0.25) is 5.88 Å². The van der Waals surface area contributed by atoms with E-state index in [1.807, 2.05) is 30.3 Å². The Morgan fingerprint density at radius 1 is 1.15 bits per heavy atom. The first-order chi connectivity index (χ1) is 12.6. The van der Waals surface area contributed by atoms with Gasteiger partial charge in [-0.3, -0.25) is 0 Å². The van der Waals surface area contributed by atoms with Gasteiger partial charge < -0.3 is 14.9 Å². The van der Waals surface area contributed by atoms with Crippen molar-refractivity contribution in [2.24, 2.45) is 5.73 Å². The van der Waals surface area contributed by atoms with Crippen molar-refractivity contribution in [2.75, 3.05) is 0 Å². The summed E-state index contributed by atoms with van der Waals surface area (Å²) in [5, 5.41) is 10.3. The van der Waals surface area contributed by atoms with Gasteiger partial charge in [-0.25, -0.2) is 4.79 Å². The van der Waals surface area contributed by atoms with E-state index < -0.39 is 11.5 Å². The summed E-state index contributed by atoms with van der Waals surface area (Å²) >= 11 is 0. The lowest BCUT2D eigenvalue weighted by atomic mass is 9.83. The number of para-hydroxylation sites is 1. The Hall–Kier alpha value is -3.52. The fourth-order valence-corrected chi connectivity index (χ4v) is 3.35. The number of allylic oxidation sites excluding steroid dienone is 1. The molecule has 1 aromatic heterocycles. The van der Waals surface area contributed by atoms with Crippen LogP contribution in [0.25, 0.3) is 11.0 Å². The van der Waals surface area contributed by atoms with E-state index in [0.717, 1.165) is 12.0 Å². The van der Waals surface area contributed by atoms with Crippen LogP contribution in [0.5, 0.6) is 5.75 Å². The molecule has 2 heterocycles. The van der Waals surface area contributed by atoms with Crippen LogP contribution in [0.2, 0.25) is 0 Å². The third-order valence-electron chi connectivity index (χ3n) is 4.70. The number of hydrogen-bond acceptors (Lipinski definition) is 5. The number of benzene rings is 2. The summed E-state index contributed by atoms with van der Waals surface area (Å²) < 4.78 is 11.2. The smallest absolute Gasteiger partial charge is 0.344 e. The molecule has 5 nitrogen and oxygen atoms in total. The van der Waals surface area contributed by atoms with E-state index in [1.54, 1.807) is 18.2 Å². The number of nitrogens with two attached hydrogens (primary N) is 1. The lowest BCUT2D eigenvalue weighted by molar-refractivity contribution is 0.388. The van der Waals surface area contributed by atoms with E-state index in [1.165, 1.54) is 5.56 Å². The molecule has 2 aromatic carbocycles. The molecule has 1 aliphatic heterocycles. The van der Waals surface area contributed by atoms with Gasteiger partial charge in [0.1, 0.15) is 17.2 Å². The van der Waals surface area contributed by atoms with Crippen LogP contribution in [0.4, 0.5) is 0 Å². The number of rotatable bonds is 2. The summed E-state index contributed by atoms with van der Waals surface area (Å²) in [6.07, 6.45) is 0.903. The van der Waals surface area contributed by atoms with Gasteiger partial charge in [0.25, 0.3) is 0 Å². The second-order valence-electron chi connectivity index (χ2n) is 6.15. The Morgan fingerprint density at radius 3 is 2.58 bits per heavy atom. The molecule has 5 heteroatoms. The van der Waals surface area contributed by atoms with Crippen LogP contribution >= 0.6 is 0 Å². The Morgan fingerprint density at radius 2 is 1.88 bits per heavy atom. The van der Waals surface area contributed by atoms with Crippen LogP contribution in [-0.2, 0) is 6.42 Å². The number of fused-ring (bicyclic) bond motifs is 3. The highest BCUT2D eigenvalue weighted by Gasteiger charge is 2.35. The molecule has 0 amide bonds. The van der Waals surface area contributed by atoms with Crippen molar-refractivity contribution in [3.05, 3.63) is 87.1 Å². The van der Waals surface area contributed by atoms with E-state index in [-0.39, 0.29) is 11.5 Å². The number of nitrogens with zero attached hydrogens (tertiary/aromatic N) is 1. The molecule has 26 heavy (non-hydrogen) atoms. The van der Waals surface area contributed by atoms with Gasteiger partial charge in [0, 0.05) is 0 Å². The molecule has 0 saturated heterocycles. The Kier molecular flexibility index (Phi) is 3.74. The molecule has 0 spiro atoms. The second-order valence-corrected chi connectivity index (χ2v) is 6.15. The zero-order chi connectivity index (χ0) is 18.3. The molecule has 0 bridgehead atoms. The van der Waals surface area contributed by atoms with Crippen LogP contribution < -0.4 is 16.1 Å². The van der Waals surface area contributed by atoms with Gasteiger partial charge in [-0.2, -0.15) is 5.26 Å². The lowest BCUT2D eigenvalue weighted by Crippen LogP contribution is -2.26. The highest BCUT2D eigenvalue weighted by molar-refractivity contribution is 5.86. The molecule has 4 rings (SSSR count). The third-order valence-corrected chi connectivity index (χ3v) is 4.70. The Bertz CT molecular complexity index is 1130. The number of hydrogen-bond donors (Lipinski definition) is 1. The fraction of sp³-hybridized carbons (Fsp3) is 0.143. The molecular weight excluding hydrogens is 328 g/mol. The van der Waals surface area contributed by atoms with E-state index >= 15 is 0 Å². The standard InChI is InChI=1S/C21H16N2O3/c1-2-12-7-9-13(10-8-12)17-15(11-22)20(23)26-19-14-5-3-4-6-16(14)25-21(24)18(17)19/h3-10,17H,2,23H2,1H3. The van der Waals surface area contributed by atoms with Crippen molar-refractivity contribution in [2.45, 2.75) is 19.3 Å². The minimum absolute atomic E-state index is 0.0142. The van der Waals surface area contributed by atoms with Gasteiger partial charge in [-0.05, 0) is 29.7 Å². The average Bonchev–Trinajstić information content (AvgIpc) is 2.67. The zero-order valence-electron chi connectivity index (χ0n) is 14.2. The van der Waals surface area contributed by atoms with Crippen molar-refractivity contribution in [1.29, 1.82) is 5.26 Å². The summed E-state index contributed by atoms with van der Waals surface area (Å²) in [6, 6.07) is 17.0. The Labute approximate surface area is 149 Å². The molecule has 2 N–H and O–H groups in total. The molecule has 128 valence electrons. The third kappa shape index (κ3) is 2.35. The summed E-state index contributed by atoms with van der Waals surface area (Å²) in [5.74, 6) is -0.242. The maximum absolute atomic E-state index is 12.7. The molecule has 0 aliphatic carbocycles. The van der Waals surface area contributed by atoms with E-state index in [2.05, 4.69) is 13.0 Å². The van der Waals surface area contributed by atoms with Gasteiger partial charge >= 0.3 is 5.63 Å². The molecule has 1 atom stereocenters. The van der Waals surface area contributed by atoms with Crippen molar-refractivity contribution in [3.63, 3.8) is 0 Å². The molecular formula is C21H16N2O3. The predicted molar refractivity (Wildman–Crippen MR) is 97.6 cm³/mol. The first kappa shape index (κ1) is 16.0. The van der Waals surface area contributed by atoms with E-state index in [0.29, 0.717) is 22.3 Å². The maximum atomic E-state index is 12.7. The van der Waals surface area contributed by atoms with Gasteiger partial charge in [0.15, 0.2) is 5.75 Å². The number of ether oxygens (including phenoxy) is 1. The summed E-state index contributed by atoms with van der Waals surface area (Å²) in [5.41, 5.74) is 8.41. The zero-order valence-corrected chi connectivity index (χ0v) is 14.2. The summed E-state index contributed by atoms with van der Waals surface area (Å²) in [4.78, 5) is 12.7. The topological polar surface area (TPSA) is 89.3 Å². The van der Waals surface area contributed by atoms with Gasteiger partial charge in [0.05, 0.1) is 16.9 Å². The summed E-state index contributed by atoms with van der Waals surface area (Å²) in [7, 11) is 0. The monoisotopic (exact) mass is 344 g/mol. The lowest BCUT2D eigenvalue weighted by Gasteiger charge is -2.26. The molecule has 3 aromatic rings. The van der Waals surface area contributed by atoms with Crippen LogP contribution in [-0.4, -0.2) is 0 Å². The minimum Gasteiger partial charge on any atom is -0.439 e. The van der Waals surface area contributed by atoms with Crippen LogP contribution in [0.15, 0.2) is 69.2 Å². The quantitative estimate of drug-likeness (QED) is 0.718. The largest absolute Gasteiger partial charge is 0.439 e. The van der Waals surface area contributed by atoms with Crippen LogP contribution in [0.1, 0.15) is 29.5 Å². The minimum atomic E-state index is -0.615. The van der Waals surface area contributed by atoms with E-state index in [9.17, 15) is 10.1 Å². The van der Waals surface area contributed by atoms with Crippen molar-refractivity contribution in [3.8, 4) is 11.8 Å². The molecule has 0 radical (unpaired) electrons. The normalized spacial score (nSPS) is 16.1. The number of nitriles is 1. The SMILES string of the molecule is CCc1ccc(C2C(C#N)=C(N)Oc3c2c(=O)oc2ccccc32)cc1. The Balaban J connectivity index is 2.03.